The molecule has 0 fully saturated rings. The van der Waals surface area contributed by atoms with Gasteiger partial charge in [-0.2, -0.15) is 4.37 Å². The Morgan fingerprint density at radius 1 is 1.56 bits per heavy atom. The van der Waals surface area contributed by atoms with Crippen LogP contribution in [0, 0.1) is 6.92 Å². The Bertz CT molecular complexity index is 536. The molecule has 2 aromatic rings. The molecule has 0 bridgehead atoms. The van der Waals surface area contributed by atoms with Crippen LogP contribution >= 0.6 is 11.5 Å². The summed E-state index contributed by atoms with van der Waals surface area (Å²) >= 11 is 1.30. The third-order valence-electron chi connectivity index (χ3n) is 2.40. The number of benzene rings is 1. The number of aromatic nitrogens is 1. The van der Waals surface area contributed by atoms with Gasteiger partial charge in [-0.25, -0.2) is 0 Å². The van der Waals surface area contributed by atoms with Crippen LogP contribution in [-0.4, -0.2) is 17.0 Å². The molecule has 0 aliphatic rings. The van der Waals surface area contributed by atoms with Gasteiger partial charge in [-0.1, -0.05) is 11.6 Å². The van der Waals surface area contributed by atoms with E-state index in [1.807, 2.05) is 25.1 Å². The number of amides is 1. The zero-order valence-electron chi connectivity index (χ0n) is 9.06. The van der Waals surface area contributed by atoms with Gasteiger partial charge in [0, 0.05) is 11.9 Å². The van der Waals surface area contributed by atoms with Crippen molar-refractivity contribution in [2.24, 2.45) is 0 Å². The molecule has 0 aliphatic heterocycles. The van der Waals surface area contributed by atoms with Crippen molar-refractivity contribution in [1.29, 1.82) is 0 Å². The predicted molar refractivity (Wildman–Crippen MR) is 62.8 cm³/mol. The van der Waals surface area contributed by atoms with E-state index in [1.165, 1.54) is 11.5 Å². The first-order valence-corrected chi connectivity index (χ1v) is 5.75. The number of carbonyl (C=O) groups excluding carboxylic acids is 1. The molecule has 84 valence electrons. The Hall–Kier alpha value is -1.62. The van der Waals surface area contributed by atoms with Crippen molar-refractivity contribution in [1.82, 2.24) is 4.37 Å². The number of carboxylic acid groups (broad SMARTS) is 1. The molecule has 1 heterocycles. The van der Waals surface area contributed by atoms with Gasteiger partial charge in [0.15, 0.2) is 5.82 Å². The van der Waals surface area contributed by atoms with E-state index in [1.54, 1.807) is 6.92 Å². The summed E-state index contributed by atoms with van der Waals surface area (Å²) in [6.45, 7) is 4.07. The monoisotopic (exact) mass is 235 g/mol. The smallest absolute Gasteiger partial charge is 0.155 e. The second-order valence-electron chi connectivity index (χ2n) is 3.52. The third kappa shape index (κ3) is 1.74. The second-order valence-corrected chi connectivity index (χ2v) is 4.32. The molecule has 0 atom stereocenters. The highest BCUT2D eigenvalue weighted by molar-refractivity contribution is 7.13. The van der Waals surface area contributed by atoms with Gasteiger partial charge < -0.3 is 14.8 Å². The lowest BCUT2D eigenvalue weighted by atomic mass is 10.2. The highest BCUT2D eigenvalue weighted by Gasteiger charge is 2.13. The fraction of sp³-hybridized carbons (Fsp3) is 0.273. The molecule has 0 spiro atoms. The van der Waals surface area contributed by atoms with Gasteiger partial charge in [-0.3, -0.25) is 0 Å². The number of nitrogens with zero attached hydrogens (tertiary/aromatic N) is 2. The maximum atomic E-state index is 10.9. The number of hydrogen-bond acceptors (Lipinski definition) is 4. The minimum atomic E-state index is -1.21. The SMILES string of the molecule is CCN(C(=O)[O-])c1nsc2ccc(C)cc12. The first-order chi connectivity index (χ1) is 7.63. The molecular weight excluding hydrogens is 224 g/mol. The second kappa shape index (κ2) is 4.09. The largest absolute Gasteiger partial charge is 0.530 e. The zero-order chi connectivity index (χ0) is 11.7. The van der Waals surface area contributed by atoms with Crippen molar-refractivity contribution in [3.63, 3.8) is 0 Å². The minimum absolute atomic E-state index is 0.342. The summed E-state index contributed by atoms with van der Waals surface area (Å²) in [5.41, 5.74) is 1.09. The van der Waals surface area contributed by atoms with Crippen LogP contribution in [0.2, 0.25) is 0 Å². The molecule has 4 nitrogen and oxygen atoms in total. The number of carbonyl (C=O) groups is 1. The number of anilines is 1. The molecule has 0 saturated heterocycles. The summed E-state index contributed by atoms with van der Waals surface area (Å²) in [7, 11) is 0. The lowest BCUT2D eigenvalue weighted by molar-refractivity contribution is -0.246. The van der Waals surface area contributed by atoms with E-state index < -0.39 is 6.09 Å². The normalized spacial score (nSPS) is 10.6. The lowest BCUT2D eigenvalue weighted by Crippen LogP contribution is -2.41. The molecule has 0 radical (unpaired) electrons. The van der Waals surface area contributed by atoms with E-state index >= 15 is 0 Å². The van der Waals surface area contributed by atoms with E-state index in [4.69, 9.17) is 0 Å². The van der Waals surface area contributed by atoms with Gasteiger partial charge >= 0.3 is 0 Å². The van der Waals surface area contributed by atoms with Crippen LogP contribution in [0.3, 0.4) is 0 Å². The summed E-state index contributed by atoms with van der Waals surface area (Å²) in [5.74, 6) is 0.478. The standard InChI is InChI=1S/C11H12N2O2S/c1-3-13(11(14)15)10-8-6-7(2)4-5-9(8)16-12-10/h4-6H,3H2,1-2H3,(H,14,15)/p-1. The van der Waals surface area contributed by atoms with Crippen molar-refractivity contribution in [2.45, 2.75) is 13.8 Å². The summed E-state index contributed by atoms with van der Waals surface area (Å²) in [6, 6.07) is 5.88. The number of rotatable bonds is 2. The van der Waals surface area contributed by atoms with Crippen molar-refractivity contribution in [3.8, 4) is 0 Å². The van der Waals surface area contributed by atoms with Crippen molar-refractivity contribution >= 4 is 33.5 Å². The van der Waals surface area contributed by atoms with Crippen molar-refractivity contribution in [2.75, 3.05) is 11.4 Å². The molecule has 5 heteroatoms. The first-order valence-electron chi connectivity index (χ1n) is 4.98. The van der Waals surface area contributed by atoms with Crippen LogP contribution in [0.1, 0.15) is 12.5 Å². The van der Waals surface area contributed by atoms with Crippen LogP contribution in [0.4, 0.5) is 10.6 Å². The Labute approximate surface area is 97.3 Å². The lowest BCUT2D eigenvalue weighted by Gasteiger charge is -2.20. The van der Waals surface area contributed by atoms with Gasteiger partial charge in [0.1, 0.15) is 6.09 Å². The van der Waals surface area contributed by atoms with Gasteiger partial charge in [0.05, 0.1) is 4.70 Å². The molecular formula is C11H11N2O2S-. The summed E-state index contributed by atoms with van der Waals surface area (Å²) in [4.78, 5) is 12.1. The third-order valence-corrected chi connectivity index (χ3v) is 3.22. The van der Waals surface area contributed by atoms with E-state index in [-0.39, 0.29) is 0 Å². The highest BCUT2D eigenvalue weighted by Crippen LogP contribution is 2.30. The summed E-state index contributed by atoms with van der Waals surface area (Å²) in [6.07, 6.45) is -1.21. The van der Waals surface area contributed by atoms with Crippen molar-refractivity contribution < 1.29 is 9.90 Å². The molecule has 16 heavy (non-hydrogen) atoms. The van der Waals surface area contributed by atoms with Gasteiger partial charge in [-0.15, -0.1) is 0 Å². The van der Waals surface area contributed by atoms with Crippen LogP contribution in [0.15, 0.2) is 18.2 Å². The van der Waals surface area contributed by atoms with Gasteiger partial charge in [0.25, 0.3) is 0 Å². The predicted octanol–water partition coefficient (Wildman–Crippen LogP) is 1.77. The molecule has 0 saturated carbocycles. The van der Waals surface area contributed by atoms with Crippen LogP contribution < -0.4 is 10.0 Å². The molecule has 2 rings (SSSR count). The van der Waals surface area contributed by atoms with E-state index in [2.05, 4.69) is 4.37 Å². The average Bonchev–Trinajstić information content (AvgIpc) is 2.62. The van der Waals surface area contributed by atoms with E-state index in [9.17, 15) is 9.90 Å². The topological polar surface area (TPSA) is 56.3 Å². The number of fused-ring (bicyclic) bond motifs is 1. The Balaban J connectivity index is 2.59. The molecule has 0 aliphatic carbocycles. The van der Waals surface area contributed by atoms with Crippen LogP contribution in [0.25, 0.3) is 10.1 Å². The Morgan fingerprint density at radius 2 is 2.31 bits per heavy atom. The fourth-order valence-electron chi connectivity index (χ4n) is 1.60. The number of hydrogen-bond donors (Lipinski definition) is 0. The Kier molecular flexibility index (Phi) is 2.78. The molecule has 1 aromatic carbocycles. The van der Waals surface area contributed by atoms with Crippen molar-refractivity contribution in [3.05, 3.63) is 23.8 Å². The maximum absolute atomic E-state index is 10.9. The maximum Gasteiger partial charge on any atom is 0.155 e. The molecule has 1 amide bonds. The molecule has 1 aromatic heterocycles. The average molecular weight is 235 g/mol. The van der Waals surface area contributed by atoms with Crippen LogP contribution in [-0.2, 0) is 0 Å². The fourth-order valence-corrected chi connectivity index (χ4v) is 2.36. The molecule has 0 N–H and O–H groups in total. The quantitative estimate of drug-likeness (QED) is 0.797. The first kappa shape index (κ1) is 10.9. The molecule has 0 unspecified atom stereocenters. The summed E-state index contributed by atoms with van der Waals surface area (Å²) in [5, 5.41) is 11.8. The van der Waals surface area contributed by atoms with E-state index in [0.717, 1.165) is 20.5 Å². The van der Waals surface area contributed by atoms with Gasteiger partial charge in [0.2, 0.25) is 0 Å². The highest BCUT2D eigenvalue weighted by atomic mass is 32.1. The van der Waals surface area contributed by atoms with Gasteiger partial charge in [-0.05, 0) is 37.5 Å². The Morgan fingerprint density at radius 3 is 2.94 bits per heavy atom. The number of aryl methyl sites for hydroxylation is 1. The minimum Gasteiger partial charge on any atom is -0.530 e. The zero-order valence-corrected chi connectivity index (χ0v) is 9.87. The van der Waals surface area contributed by atoms with Crippen LogP contribution in [0.5, 0.6) is 0 Å². The summed E-state index contributed by atoms with van der Waals surface area (Å²) < 4.78 is 5.16. The van der Waals surface area contributed by atoms with E-state index in [0.29, 0.717) is 12.4 Å².